The van der Waals surface area contributed by atoms with Gasteiger partial charge in [-0.05, 0) is 25.8 Å². The van der Waals surface area contributed by atoms with E-state index in [1.54, 1.807) is 19.0 Å². The Balaban J connectivity index is 2.47. The standard InChI is InChI=1S/C15H28N2O2/c1-4-10-17(12-15(19)16(2)3)11-14(18)13-8-6-5-7-9-13/h13H,4-12H2,1-3H3. The second-order valence-corrected chi connectivity index (χ2v) is 5.80. The molecule has 0 heterocycles. The summed E-state index contributed by atoms with van der Waals surface area (Å²) in [4.78, 5) is 27.6. The van der Waals surface area contributed by atoms with Crippen LogP contribution in [0.15, 0.2) is 0 Å². The normalized spacial score (nSPS) is 16.6. The third-order valence-corrected chi connectivity index (χ3v) is 3.84. The monoisotopic (exact) mass is 268 g/mol. The van der Waals surface area contributed by atoms with Crippen molar-refractivity contribution in [2.24, 2.45) is 5.92 Å². The number of carbonyl (C=O) groups excluding carboxylic acids is 2. The average Bonchev–Trinajstić information content (AvgIpc) is 2.39. The van der Waals surface area contributed by atoms with Crippen molar-refractivity contribution in [3.8, 4) is 0 Å². The maximum atomic E-state index is 12.3. The van der Waals surface area contributed by atoms with Gasteiger partial charge in [-0.2, -0.15) is 0 Å². The summed E-state index contributed by atoms with van der Waals surface area (Å²) < 4.78 is 0. The average molecular weight is 268 g/mol. The fourth-order valence-corrected chi connectivity index (χ4v) is 2.64. The molecule has 1 rings (SSSR count). The number of likely N-dealkylation sites (N-methyl/N-ethyl adjacent to an activating group) is 1. The fourth-order valence-electron chi connectivity index (χ4n) is 2.64. The topological polar surface area (TPSA) is 40.6 Å². The Morgan fingerprint density at radius 3 is 2.21 bits per heavy atom. The molecule has 0 N–H and O–H groups in total. The van der Waals surface area contributed by atoms with Gasteiger partial charge in [0.15, 0.2) is 0 Å². The van der Waals surface area contributed by atoms with Crippen LogP contribution in [0, 0.1) is 5.92 Å². The van der Waals surface area contributed by atoms with Gasteiger partial charge in [0.05, 0.1) is 13.1 Å². The maximum absolute atomic E-state index is 12.3. The molecule has 0 aromatic carbocycles. The van der Waals surface area contributed by atoms with Crippen LogP contribution < -0.4 is 0 Å². The van der Waals surface area contributed by atoms with Gasteiger partial charge in [-0.25, -0.2) is 0 Å². The molecule has 0 aromatic heterocycles. The van der Waals surface area contributed by atoms with Gasteiger partial charge in [-0.1, -0.05) is 26.2 Å². The van der Waals surface area contributed by atoms with Crippen LogP contribution >= 0.6 is 0 Å². The first-order valence-corrected chi connectivity index (χ1v) is 7.49. The lowest BCUT2D eigenvalue weighted by atomic mass is 9.86. The van der Waals surface area contributed by atoms with E-state index in [4.69, 9.17) is 0 Å². The number of rotatable bonds is 7. The summed E-state index contributed by atoms with van der Waals surface area (Å²) in [6.45, 7) is 3.70. The van der Waals surface area contributed by atoms with Crippen LogP contribution in [0.25, 0.3) is 0 Å². The summed E-state index contributed by atoms with van der Waals surface area (Å²) in [6, 6.07) is 0. The predicted molar refractivity (Wildman–Crippen MR) is 77.0 cm³/mol. The van der Waals surface area contributed by atoms with E-state index < -0.39 is 0 Å². The molecule has 0 aromatic rings. The molecule has 0 spiro atoms. The van der Waals surface area contributed by atoms with Crippen LogP contribution in [0.2, 0.25) is 0 Å². The van der Waals surface area contributed by atoms with Crippen molar-refractivity contribution in [2.45, 2.75) is 45.4 Å². The van der Waals surface area contributed by atoms with E-state index in [9.17, 15) is 9.59 Å². The third kappa shape index (κ3) is 5.72. The number of hydrogen-bond donors (Lipinski definition) is 0. The molecule has 0 radical (unpaired) electrons. The van der Waals surface area contributed by atoms with Crippen molar-refractivity contribution in [3.63, 3.8) is 0 Å². The Labute approximate surface area is 117 Å². The van der Waals surface area contributed by atoms with E-state index >= 15 is 0 Å². The van der Waals surface area contributed by atoms with Gasteiger partial charge >= 0.3 is 0 Å². The first-order valence-electron chi connectivity index (χ1n) is 7.49. The third-order valence-electron chi connectivity index (χ3n) is 3.84. The Hall–Kier alpha value is -0.900. The van der Waals surface area contributed by atoms with E-state index in [1.807, 2.05) is 4.90 Å². The van der Waals surface area contributed by atoms with Crippen LogP contribution in [0.5, 0.6) is 0 Å². The highest BCUT2D eigenvalue weighted by molar-refractivity contribution is 5.84. The molecule has 4 nitrogen and oxygen atoms in total. The molecule has 1 aliphatic carbocycles. The summed E-state index contributed by atoms with van der Waals surface area (Å²) >= 11 is 0. The molecule has 0 atom stereocenters. The minimum atomic E-state index is 0.0740. The van der Waals surface area contributed by atoms with E-state index in [-0.39, 0.29) is 11.8 Å². The summed E-state index contributed by atoms with van der Waals surface area (Å²) in [6.07, 6.45) is 6.68. The van der Waals surface area contributed by atoms with Gasteiger partial charge in [-0.15, -0.1) is 0 Å². The summed E-state index contributed by atoms with van der Waals surface area (Å²) in [5, 5.41) is 0. The number of hydrogen-bond acceptors (Lipinski definition) is 3. The van der Waals surface area contributed by atoms with E-state index in [0.29, 0.717) is 18.9 Å². The van der Waals surface area contributed by atoms with Crippen LogP contribution in [-0.4, -0.2) is 55.2 Å². The Kier molecular flexibility index (Phi) is 7.06. The predicted octanol–water partition coefficient (Wildman–Crippen LogP) is 1.94. The molecule has 0 unspecified atom stereocenters. The van der Waals surface area contributed by atoms with Gasteiger partial charge in [0.1, 0.15) is 5.78 Å². The highest BCUT2D eigenvalue weighted by atomic mass is 16.2. The zero-order valence-electron chi connectivity index (χ0n) is 12.7. The lowest BCUT2D eigenvalue weighted by Crippen LogP contribution is -2.41. The van der Waals surface area contributed by atoms with Crippen molar-refractivity contribution in [3.05, 3.63) is 0 Å². The molecule has 0 saturated heterocycles. The van der Waals surface area contributed by atoms with E-state index in [2.05, 4.69) is 6.92 Å². The highest BCUT2D eigenvalue weighted by Gasteiger charge is 2.23. The lowest BCUT2D eigenvalue weighted by Gasteiger charge is -2.26. The molecule has 1 aliphatic rings. The van der Waals surface area contributed by atoms with Crippen LogP contribution in [0.1, 0.15) is 45.4 Å². The van der Waals surface area contributed by atoms with Crippen LogP contribution in [0.3, 0.4) is 0 Å². The molecule has 0 bridgehead atoms. The second kappa shape index (κ2) is 8.31. The Morgan fingerprint density at radius 2 is 1.68 bits per heavy atom. The number of ketones is 1. The van der Waals surface area contributed by atoms with Crippen molar-refractivity contribution in [2.75, 3.05) is 33.7 Å². The summed E-state index contributed by atoms with van der Waals surface area (Å²) in [5.74, 6) is 0.646. The van der Waals surface area contributed by atoms with Gasteiger partial charge in [0.2, 0.25) is 5.91 Å². The Bertz CT molecular complexity index is 297. The first kappa shape index (κ1) is 16.2. The van der Waals surface area contributed by atoms with Crippen molar-refractivity contribution < 1.29 is 9.59 Å². The molecule has 110 valence electrons. The fraction of sp³-hybridized carbons (Fsp3) is 0.867. The largest absolute Gasteiger partial charge is 0.348 e. The minimum absolute atomic E-state index is 0.0740. The first-order chi connectivity index (χ1) is 9.04. The number of Topliss-reactive ketones (excluding diaryl/α,β-unsaturated/α-hetero) is 1. The maximum Gasteiger partial charge on any atom is 0.236 e. The molecule has 19 heavy (non-hydrogen) atoms. The number of amides is 1. The van der Waals surface area contributed by atoms with E-state index in [0.717, 1.165) is 25.8 Å². The number of nitrogens with zero attached hydrogens (tertiary/aromatic N) is 2. The smallest absolute Gasteiger partial charge is 0.236 e. The van der Waals surface area contributed by atoms with Crippen molar-refractivity contribution in [1.29, 1.82) is 0 Å². The van der Waals surface area contributed by atoms with E-state index in [1.165, 1.54) is 19.3 Å². The zero-order chi connectivity index (χ0) is 14.3. The molecule has 0 aliphatic heterocycles. The van der Waals surface area contributed by atoms with Gasteiger partial charge in [-0.3, -0.25) is 14.5 Å². The molecule has 1 fully saturated rings. The molecule has 1 amide bonds. The number of carbonyl (C=O) groups is 2. The zero-order valence-corrected chi connectivity index (χ0v) is 12.7. The SMILES string of the molecule is CCCN(CC(=O)C1CCCCC1)CC(=O)N(C)C. The minimum Gasteiger partial charge on any atom is -0.348 e. The molecule has 4 heteroatoms. The summed E-state index contributed by atoms with van der Waals surface area (Å²) in [7, 11) is 3.52. The lowest BCUT2D eigenvalue weighted by molar-refractivity contribution is -0.131. The molecule has 1 saturated carbocycles. The summed E-state index contributed by atoms with van der Waals surface area (Å²) in [5.41, 5.74) is 0. The highest BCUT2D eigenvalue weighted by Crippen LogP contribution is 2.24. The quantitative estimate of drug-likeness (QED) is 0.708. The molecular formula is C15H28N2O2. The van der Waals surface area contributed by atoms with Gasteiger partial charge < -0.3 is 4.90 Å². The van der Waals surface area contributed by atoms with Crippen LogP contribution in [0.4, 0.5) is 0 Å². The van der Waals surface area contributed by atoms with Gasteiger partial charge in [0.25, 0.3) is 0 Å². The van der Waals surface area contributed by atoms with Crippen molar-refractivity contribution >= 4 is 11.7 Å². The van der Waals surface area contributed by atoms with Crippen molar-refractivity contribution in [1.82, 2.24) is 9.80 Å². The van der Waals surface area contributed by atoms with Gasteiger partial charge in [0, 0.05) is 20.0 Å². The van der Waals surface area contributed by atoms with Crippen LogP contribution in [-0.2, 0) is 9.59 Å². The Morgan fingerprint density at radius 1 is 1.05 bits per heavy atom. The second-order valence-electron chi connectivity index (χ2n) is 5.80. The molecular weight excluding hydrogens is 240 g/mol.